The first-order valence-corrected chi connectivity index (χ1v) is 7.23. The predicted octanol–water partition coefficient (Wildman–Crippen LogP) is 3.50. The fourth-order valence-electron chi connectivity index (χ4n) is 2.20. The summed E-state index contributed by atoms with van der Waals surface area (Å²) in [5.41, 5.74) is 12.1. The molecule has 0 aliphatic rings. The highest BCUT2D eigenvalue weighted by Gasteiger charge is 2.06. The number of fused-ring (bicyclic) bond motifs is 1. The van der Waals surface area contributed by atoms with Crippen molar-refractivity contribution in [2.24, 2.45) is 0 Å². The molecule has 22 heavy (non-hydrogen) atoms. The van der Waals surface area contributed by atoms with E-state index in [1.807, 2.05) is 6.07 Å². The Bertz CT molecular complexity index is 764. The topological polar surface area (TPSA) is 87.0 Å². The number of hydrogen-bond acceptors (Lipinski definition) is 4. The number of rotatable bonds is 2. The molecule has 2 heterocycles. The fraction of sp³-hybridized carbons (Fsp3) is 0.235. The van der Waals surface area contributed by atoms with E-state index in [1.54, 1.807) is 25.4 Å². The molecule has 0 amide bonds. The number of nitrogens with two attached hydrogens (primary N) is 1. The third-order valence-electron chi connectivity index (χ3n) is 3.44. The number of H-pyrrole nitrogens is 1. The lowest BCUT2D eigenvalue weighted by molar-refractivity contribution is 0.318. The molecule has 116 valence electrons. The smallest absolute Gasteiger partial charge is 0.0804 e. The third kappa shape index (κ3) is 3.38. The Morgan fingerprint density at radius 1 is 1.27 bits per heavy atom. The van der Waals surface area contributed by atoms with Crippen LogP contribution in [0.25, 0.3) is 10.9 Å². The summed E-state index contributed by atoms with van der Waals surface area (Å²) in [5, 5.41) is 12.1. The number of aromatic amines is 1. The number of aromatic nitrogens is 2. The van der Waals surface area contributed by atoms with E-state index < -0.39 is 0 Å². The van der Waals surface area contributed by atoms with Crippen LogP contribution in [-0.2, 0) is 0 Å². The second kappa shape index (κ2) is 6.95. The van der Waals surface area contributed by atoms with Crippen LogP contribution in [0.3, 0.4) is 0 Å². The van der Waals surface area contributed by atoms with Crippen molar-refractivity contribution < 1.29 is 5.11 Å². The van der Waals surface area contributed by atoms with Crippen LogP contribution in [0, 0.1) is 13.8 Å². The first kappa shape index (κ1) is 15.9. The van der Waals surface area contributed by atoms with Gasteiger partial charge in [0.05, 0.1) is 17.6 Å². The van der Waals surface area contributed by atoms with E-state index >= 15 is 0 Å². The van der Waals surface area contributed by atoms with Crippen LogP contribution in [-0.4, -0.2) is 21.7 Å². The maximum atomic E-state index is 7.57. The molecule has 2 aromatic heterocycles. The van der Waals surface area contributed by atoms with Crippen LogP contribution < -0.4 is 11.1 Å². The molecule has 5 nitrogen and oxygen atoms in total. The lowest BCUT2D eigenvalue weighted by Gasteiger charge is -2.08. The Morgan fingerprint density at radius 2 is 2.00 bits per heavy atom. The number of anilines is 3. The maximum Gasteiger partial charge on any atom is 0.0804 e. The van der Waals surface area contributed by atoms with Gasteiger partial charge in [0, 0.05) is 35.1 Å². The number of nitrogen functional groups attached to an aromatic ring is 1. The molecule has 3 rings (SSSR count). The van der Waals surface area contributed by atoms with Gasteiger partial charge in [0.25, 0.3) is 0 Å². The zero-order chi connectivity index (χ0) is 16.1. The molecule has 0 spiro atoms. The van der Waals surface area contributed by atoms with Gasteiger partial charge in [-0.25, -0.2) is 0 Å². The normalized spacial score (nSPS) is 10.2. The second-order valence-corrected chi connectivity index (χ2v) is 5.04. The van der Waals surface area contributed by atoms with Crippen molar-refractivity contribution in [1.29, 1.82) is 0 Å². The number of aliphatic hydroxyl groups excluding tert-OH is 1. The number of benzene rings is 1. The fourth-order valence-corrected chi connectivity index (χ4v) is 2.20. The SMILES string of the molecule is CCO.Cc1[nH]c2ccc(Nc3cnccc3N)cc2c1C. The standard InChI is InChI=1S/C15H16N4.C2H6O/c1-9-10(2)18-14-4-3-11(7-12(9)14)19-15-8-17-6-5-13(15)16;1-2-3/h3-8,18-19H,1-2H3,(H2,16,17);3H,2H2,1H3. The Morgan fingerprint density at radius 3 is 2.68 bits per heavy atom. The minimum Gasteiger partial charge on any atom is -0.397 e. The molecule has 3 aromatic rings. The van der Waals surface area contributed by atoms with Crippen molar-refractivity contribution in [1.82, 2.24) is 9.97 Å². The average Bonchev–Trinajstić information content (AvgIpc) is 2.78. The summed E-state index contributed by atoms with van der Waals surface area (Å²) in [6.45, 7) is 6.14. The van der Waals surface area contributed by atoms with Crippen LogP contribution >= 0.6 is 0 Å². The van der Waals surface area contributed by atoms with Crippen molar-refractivity contribution in [3.05, 3.63) is 47.9 Å². The van der Waals surface area contributed by atoms with Crippen molar-refractivity contribution in [3.8, 4) is 0 Å². The number of aryl methyl sites for hydroxylation is 2. The number of hydrogen-bond donors (Lipinski definition) is 4. The largest absolute Gasteiger partial charge is 0.397 e. The van der Waals surface area contributed by atoms with Crippen molar-refractivity contribution >= 4 is 28.0 Å². The first-order valence-electron chi connectivity index (χ1n) is 7.23. The Hall–Kier alpha value is -2.53. The number of nitrogens with zero attached hydrogens (tertiary/aromatic N) is 1. The summed E-state index contributed by atoms with van der Waals surface area (Å²) in [7, 11) is 0. The molecule has 0 saturated carbocycles. The molecule has 0 fully saturated rings. The Kier molecular flexibility index (Phi) is 5.01. The molecule has 0 unspecified atom stereocenters. The molecule has 0 bridgehead atoms. The molecular formula is C17H22N4O. The van der Waals surface area contributed by atoms with E-state index in [2.05, 4.69) is 41.3 Å². The van der Waals surface area contributed by atoms with E-state index in [-0.39, 0.29) is 6.61 Å². The molecule has 5 heteroatoms. The van der Waals surface area contributed by atoms with Crippen LogP contribution in [0.5, 0.6) is 0 Å². The number of nitrogens with one attached hydrogen (secondary N) is 2. The van der Waals surface area contributed by atoms with Gasteiger partial charge in [0.1, 0.15) is 0 Å². The van der Waals surface area contributed by atoms with E-state index in [9.17, 15) is 0 Å². The minimum absolute atomic E-state index is 0.250. The van der Waals surface area contributed by atoms with E-state index in [4.69, 9.17) is 10.8 Å². The number of aliphatic hydroxyl groups is 1. The van der Waals surface area contributed by atoms with Crippen LogP contribution in [0.1, 0.15) is 18.2 Å². The summed E-state index contributed by atoms with van der Waals surface area (Å²) in [6, 6.07) is 8.02. The van der Waals surface area contributed by atoms with E-state index in [0.29, 0.717) is 5.69 Å². The zero-order valence-corrected chi connectivity index (χ0v) is 13.1. The van der Waals surface area contributed by atoms with E-state index in [1.165, 1.54) is 16.6 Å². The molecule has 0 aliphatic carbocycles. The zero-order valence-electron chi connectivity index (χ0n) is 13.1. The van der Waals surface area contributed by atoms with Crippen LogP contribution in [0.15, 0.2) is 36.7 Å². The van der Waals surface area contributed by atoms with Crippen molar-refractivity contribution in [3.63, 3.8) is 0 Å². The maximum absolute atomic E-state index is 7.57. The molecule has 5 N–H and O–H groups in total. The monoisotopic (exact) mass is 298 g/mol. The van der Waals surface area contributed by atoms with Gasteiger partial charge in [0.15, 0.2) is 0 Å². The highest BCUT2D eigenvalue weighted by Crippen LogP contribution is 2.27. The molecule has 1 aromatic carbocycles. The molecule has 0 radical (unpaired) electrons. The summed E-state index contributed by atoms with van der Waals surface area (Å²) in [4.78, 5) is 7.44. The Labute approximate surface area is 130 Å². The van der Waals surface area contributed by atoms with Crippen LogP contribution in [0.4, 0.5) is 17.1 Å². The van der Waals surface area contributed by atoms with E-state index in [0.717, 1.165) is 16.9 Å². The molecule has 0 atom stereocenters. The van der Waals surface area contributed by atoms with Gasteiger partial charge < -0.3 is 21.1 Å². The van der Waals surface area contributed by atoms with Gasteiger partial charge in [-0.2, -0.15) is 0 Å². The third-order valence-corrected chi connectivity index (χ3v) is 3.44. The predicted molar refractivity (Wildman–Crippen MR) is 92.5 cm³/mol. The van der Waals surface area contributed by atoms with Crippen molar-refractivity contribution in [2.45, 2.75) is 20.8 Å². The van der Waals surface area contributed by atoms with Crippen LogP contribution in [0.2, 0.25) is 0 Å². The Balaban J connectivity index is 0.000000545. The van der Waals surface area contributed by atoms with Gasteiger partial charge in [-0.3, -0.25) is 4.98 Å². The van der Waals surface area contributed by atoms with Gasteiger partial charge in [-0.1, -0.05) is 0 Å². The summed E-state index contributed by atoms with van der Waals surface area (Å²) in [5.74, 6) is 0. The minimum atomic E-state index is 0.250. The summed E-state index contributed by atoms with van der Waals surface area (Å²) >= 11 is 0. The van der Waals surface area contributed by atoms with Gasteiger partial charge >= 0.3 is 0 Å². The van der Waals surface area contributed by atoms with Gasteiger partial charge in [-0.15, -0.1) is 0 Å². The molecule has 0 aliphatic heterocycles. The summed E-state index contributed by atoms with van der Waals surface area (Å²) < 4.78 is 0. The quantitative estimate of drug-likeness (QED) is 0.583. The highest BCUT2D eigenvalue weighted by molar-refractivity contribution is 5.88. The summed E-state index contributed by atoms with van der Waals surface area (Å²) in [6.07, 6.45) is 3.41. The second-order valence-electron chi connectivity index (χ2n) is 5.04. The average molecular weight is 298 g/mol. The lowest BCUT2D eigenvalue weighted by atomic mass is 10.1. The molecular weight excluding hydrogens is 276 g/mol. The van der Waals surface area contributed by atoms with Gasteiger partial charge in [-0.05, 0) is 50.6 Å². The lowest BCUT2D eigenvalue weighted by Crippen LogP contribution is -1.96. The molecule has 0 saturated heterocycles. The van der Waals surface area contributed by atoms with Gasteiger partial charge in [0.2, 0.25) is 0 Å². The number of pyridine rings is 1. The van der Waals surface area contributed by atoms with Crippen molar-refractivity contribution in [2.75, 3.05) is 17.7 Å². The first-order chi connectivity index (χ1) is 10.6. The highest BCUT2D eigenvalue weighted by atomic mass is 16.2.